The number of nitrogens with zero attached hydrogens (tertiary/aromatic N) is 1. The van der Waals surface area contributed by atoms with Crippen LogP contribution in [0.4, 0.5) is 0 Å². The molecule has 0 aromatic rings. The number of carbonyl (C=O) groups is 1. The Morgan fingerprint density at radius 1 is 0.944 bits per heavy atom. The maximum absolute atomic E-state index is 12.2. The van der Waals surface area contributed by atoms with Gasteiger partial charge in [-0.1, -0.05) is 43.4 Å². The van der Waals surface area contributed by atoms with E-state index < -0.39 is 0 Å². The zero-order valence-corrected chi connectivity index (χ0v) is 11.3. The lowest BCUT2D eigenvalue weighted by Gasteiger charge is -2.42. The Labute approximate surface area is 110 Å². The maximum atomic E-state index is 12.2. The number of rotatable bonds is 0. The minimum atomic E-state index is 0.0782. The number of fused-ring (bicyclic) bond motifs is 1. The third kappa shape index (κ3) is 1.92. The van der Waals surface area contributed by atoms with Crippen molar-refractivity contribution < 1.29 is 4.79 Å². The summed E-state index contributed by atoms with van der Waals surface area (Å²) in [7, 11) is 1.96. The zero-order chi connectivity index (χ0) is 12.5. The van der Waals surface area contributed by atoms with Gasteiger partial charge in [-0.2, -0.15) is 0 Å². The fraction of sp³-hybridized carbons (Fsp3) is 0.688. The third-order valence-electron chi connectivity index (χ3n) is 4.80. The van der Waals surface area contributed by atoms with Crippen LogP contribution < -0.4 is 0 Å². The molecule has 2 atom stereocenters. The SMILES string of the molecule is CN1C(=O)C2C=CC1C1=C2CCCCCCCC1. The Bertz CT molecular complexity index is 407. The predicted molar refractivity (Wildman–Crippen MR) is 73.2 cm³/mol. The zero-order valence-electron chi connectivity index (χ0n) is 11.3. The minimum absolute atomic E-state index is 0.0782. The van der Waals surface area contributed by atoms with Crippen LogP contribution in [-0.2, 0) is 4.79 Å². The van der Waals surface area contributed by atoms with Crippen LogP contribution in [0.2, 0.25) is 0 Å². The molecule has 18 heavy (non-hydrogen) atoms. The van der Waals surface area contributed by atoms with Crippen molar-refractivity contribution >= 4 is 5.91 Å². The Morgan fingerprint density at radius 2 is 1.56 bits per heavy atom. The van der Waals surface area contributed by atoms with Crippen LogP contribution >= 0.6 is 0 Å². The summed E-state index contributed by atoms with van der Waals surface area (Å²) in [6.07, 6.45) is 14.8. The van der Waals surface area contributed by atoms with Crippen LogP contribution in [0, 0.1) is 5.92 Å². The van der Waals surface area contributed by atoms with Gasteiger partial charge in [0.1, 0.15) is 0 Å². The van der Waals surface area contributed by atoms with Crippen LogP contribution in [0.5, 0.6) is 0 Å². The van der Waals surface area contributed by atoms with Gasteiger partial charge in [0, 0.05) is 7.05 Å². The number of likely N-dealkylation sites (N-methyl/N-ethyl adjacent to an activating group) is 1. The molecule has 2 heteroatoms. The van der Waals surface area contributed by atoms with E-state index in [4.69, 9.17) is 0 Å². The fourth-order valence-corrected chi connectivity index (χ4v) is 3.75. The summed E-state index contributed by atoms with van der Waals surface area (Å²) in [4.78, 5) is 14.2. The van der Waals surface area contributed by atoms with Crippen molar-refractivity contribution in [2.45, 2.75) is 57.4 Å². The van der Waals surface area contributed by atoms with E-state index in [0.29, 0.717) is 5.91 Å². The highest BCUT2D eigenvalue weighted by Gasteiger charge is 2.39. The second-order valence-corrected chi connectivity index (χ2v) is 5.93. The average Bonchev–Trinajstić information content (AvgIpc) is 2.40. The van der Waals surface area contributed by atoms with Crippen LogP contribution in [0.25, 0.3) is 0 Å². The normalized spacial score (nSPS) is 32.7. The van der Waals surface area contributed by atoms with Gasteiger partial charge >= 0.3 is 0 Å². The van der Waals surface area contributed by atoms with Gasteiger partial charge in [0.15, 0.2) is 0 Å². The molecule has 2 nitrogen and oxygen atoms in total. The van der Waals surface area contributed by atoms with Crippen LogP contribution in [0.3, 0.4) is 0 Å². The van der Waals surface area contributed by atoms with Gasteiger partial charge in [-0.15, -0.1) is 0 Å². The van der Waals surface area contributed by atoms with E-state index in [1.807, 2.05) is 11.9 Å². The molecule has 0 N–H and O–H groups in total. The molecule has 0 spiro atoms. The quantitative estimate of drug-likeness (QED) is 0.599. The number of amides is 1. The molecule has 98 valence electrons. The summed E-state index contributed by atoms with van der Waals surface area (Å²) < 4.78 is 0. The van der Waals surface area contributed by atoms with E-state index in [0.717, 1.165) is 6.42 Å². The average molecular weight is 245 g/mol. The summed E-state index contributed by atoms with van der Waals surface area (Å²) in [5.74, 6) is 0.396. The van der Waals surface area contributed by atoms with Crippen molar-refractivity contribution in [3.63, 3.8) is 0 Å². The minimum Gasteiger partial charge on any atom is -0.335 e. The Balaban J connectivity index is 1.91. The highest BCUT2D eigenvalue weighted by Crippen LogP contribution is 2.40. The topological polar surface area (TPSA) is 20.3 Å². The molecule has 2 heterocycles. The molecule has 4 rings (SSSR count). The molecular formula is C16H23NO. The molecule has 2 aliphatic heterocycles. The van der Waals surface area contributed by atoms with Crippen molar-refractivity contribution in [3.05, 3.63) is 23.3 Å². The van der Waals surface area contributed by atoms with Crippen molar-refractivity contribution in [1.82, 2.24) is 4.90 Å². The second-order valence-electron chi connectivity index (χ2n) is 5.93. The smallest absolute Gasteiger partial charge is 0.234 e. The van der Waals surface area contributed by atoms with Gasteiger partial charge in [0.25, 0.3) is 0 Å². The molecule has 2 aliphatic carbocycles. The molecule has 0 saturated heterocycles. The Hall–Kier alpha value is -1.05. The summed E-state index contributed by atoms with van der Waals surface area (Å²) in [5, 5.41) is 0. The first-order valence-corrected chi connectivity index (χ1v) is 7.46. The molecule has 0 radical (unpaired) electrons. The second kappa shape index (κ2) is 4.91. The summed E-state index contributed by atoms with van der Waals surface area (Å²) in [5.41, 5.74) is 3.05. The lowest BCUT2D eigenvalue weighted by atomic mass is 9.75. The Kier molecular flexibility index (Phi) is 3.27. The molecule has 0 fully saturated rings. The van der Waals surface area contributed by atoms with Gasteiger partial charge < -0.3 is 4.90 Å². The fourth-order valence-electron chi connectivity index (χ4n) is 3.75. The monoisotopic (exact) mass is 245 g/mol. The Morgan fingerprint density at radius 3 is 2.28 bits per heavy atom. The lowest BCUT2D eigenvalue weighted by Crippen LogP contribution is -2.48. The summed E-state index contributed by atoms with van der Waals surface area (Å²) in [6.45, 7) is 0. The van der Waals surface area contributed by atoms with Crippen LogP contribution in [0.1, 0.15) is 51.4 Å². The van der Waals surface area contributed by atoms with Crippen molar-refractivity contribution in [2.75, 3.05) is 7.05 Å². The van der Waals surface area contributed by atoms with Crippen LogP contribution in [-0.4, -0.2) is 23.9 Å². The first kappa shape index (κ1) is 12.0. The highest BCUT2D eigenvalue weighted by atomic mass is 16.2. The van der Waals surface area contributed by atoms with Gasteiger partial charge in [-0.25, -0.2) is 0 Å². The van der Waals surface area contributed by atoms with Crippen molar-refractivity contribution in [3.8, 4) is 0 Å². The molecular weight excluding hydrogens is 222 g/mol. The van der Waals surface area contributed by atoms with E-state index in [9.17, 15) is 4.79 Å². The largest absolute Gasteiger partial charge is 0.335 e. The molecule has 0 aromatic heterocycles. The van der Waals surface area contributed by atoms with Gasteiger partial charge in [-0.05, 0) is 31.3 Å². The molecule has 0 saturated carbocycles. The van der Waals surface area contributed by atoms with Gasteiger partial charge in [0.05, 0.1) is 12.0 Å². The summed E-state index contributed by atoms with van der Waals surface area (Å²) >= 11 is 0. The summed E-state index contributed by atoms with van der Waals surface area (Å²) in [6, 6.07) is 0.275. The van der Waals surface area contributed by atoms with Crippen LogP contribution in [0.15, 0.2) is 23.3 Å². The molecule has 2 unspecified atom stereocenters. The third-order valence-corrected chi connectivity index (χ3v) is 4.80. The van der Waals surface area contributed by atoms with E-state index in [-0.39, 0.29) is 12.0 Å². The molecule has 0 aromatic carbocycles. The molecule has 2 bridgehead atoms. The lowest BCUT2D eigenvalue weighted by molar-refractivity contribution is -0.134. The standard InChI is InChI=1S/C16H23NO/c1-17-15-11-10-14(16(17)18)12-8-6-4-2-3-5-7-9-13(12)15/h10-11,14-15H,2-9H2,1H3. The first-order valence-electron chi connectivity index (χ1n) is 7.46. The highest BCUT2D eigenvalue weighted by molar-refractivity contribution is 5.87. The van der Waals surface area contributed by atoms with Crippen molar-refractivity contribution in [1.29, 1.82) is 0 Å². The van der Waals surface area contributed by atoms with E-state index >= 15 is 0 Å². The first-order chi connectivity index (χ1) is 8.79. The number of hydrogen-bond acceptors (Lipinski definition) is 1. The van der Waals surface area contributed by atoms with Gasteiger partial charge in [0.2, 0.25) is 5.91 Å². The molecule has 4 aliphatic rings. The van der Waals surface area contributed by atoms with Gasteiger partial charge in [-0.3, -0.25) is 4.79 Å². The number of carbonyl (C=O) groups excluding carboxylic acids is 1. The maximum Gasteiger partial charge on any atom is 0.234 e. The molecule has 1 amide bonds. The van der Waals surface area contributed by atoms with Crippen molar-refractivity contribution in [2.24, 2.45) is 5.92 Å². The predicted octanol–water partition coefficient (Wildman–Crippen LogP) is 3.44. The van der Waals surface area contributed by atoms with E-state index in [1.54, 1.807) is 5.57 Å². The number of hydrogen-bond donors (Lipinski definition) is 0. The van der Waals surface area contributed by atoms with E-state index in [2.05, 4.69) is 12.2 Å². The van der Waals surface area contributed by atoms with E-state index in [1.165, 1.54) is 50.5 Å².